The Bertz CT molecular complexity index is 1110. The van der Waals surface area contributed by atoms with Crippen molar-refractivity contribution in [3.05, 3.63) is 101 Å². The molecule has 142 valence electrons. The molecule has 1 heterocycles. The maximum atomic E-state index is 12.5. The Balaban J connectivity index is 1.50. The van der Waals surface area contributed by atoms with E-state index >= 15 is 0 Å². The van der Waals surface area contributed by atoms with Crippen LogP contribution < -0.4 is 5.32 Å². The van der Waals surface area contributed by atoms with Crippen LogP contribution in [0.5, 0.6) is 0 Å². The van der Waals surface area contributed by atoms with E-state index in [2.05, 4.69) is 5.32 Å². The van der Waals surface area contributed by atoms with Gasteiger partial charge in [-0.3, -0.25) is 14.4 Å². The molecule has 0 fully saturated rings. The summed E-state index contributed by atoms with van der Waals surface area (Å²) in [6, 6.07) is 20.9. The standard InChI is InChI=1S/C22H14N2O5/c25-19(23-16-9-2-1-3-10-16)14-7-6-8-15(13-14)22(28)29-24-20(26)17-11-4-5-12-18(17)21(24)27/h1-13H,(H,23,25). The van der Waals surface area contributed by atoms with Crippen LogP contribution in [-0.2, 0) is 4.84 Å². The molecule has 4 rings (SSSR count). The summed E-state index contributed by atoms with van der Waals surface area (Å²) in [5, 5.41) is 3.15. The number of hydroxylamine groups is 2. The van der Waals surface area contributed by atoms with E-state index in [1.807, 2.05) is 6.07 Å². The summed E-state index contributed by atoms with van der Waals surface area (Å²) in [5.74, 6) is -2.76. The largest absolute Gasteiger partial charge is 0.363 e. The highest BCUT2D eigenvalue weighted by Gasteiger charge is 2.38. The van der Waals surface area contributed by atoms with Crippen molar-refractivity contribution in [3.8, 4) is 0 Å². The number of imide groups is 1. The van der Waals surface area contributed by atoms with E-state index in [9.17, 15) is 19.2 Å². The smallest absolute Gasteiger partial charge is 0.324 e. The lowest BCUT2D eigenvalue weighted by molar-refractivity contribution is -0.0584. The third kappa shape index (κ3) is 3.49. The number of para-hydroxylation sites is 1. The minimum atomic E-state index is -0.922. The van der Waals surface area contributed by atoms with Gasteiger partial charge >= 0.3 is 5.97 Å². The molecule has 3 amide bonds. The second-order valence-corrected chi connectivity index (χ2v) is 6.23. The van der Waals surface area contributed by atoms with Crippen LogP contribution in [0.15, 0.2) is 78.9 Å². The first-order chi connectivity index (χ1) is 14.0. The molecule has 3 aromatic rings. The Morgan fingerprint density at radius 2 is 1.31 bits per heavy atom. The summed E-state index contributed by atoms with van der Waals surface area (Å²) in [7, 11) is 0. The van der Waals surface area contributed by atoms with Crippen molar-refractivity contribution >= 4 is 29.4 Å². The highest BCUT2D eigenvalue weighted by molar-refractivity contribution is 6.21. The van der Waals surface area contributed by atoms with Gasteiger partial charge in [-0.05, 0) is 42.5 Å². The van der Waals surface area contributed by atoms with E-state index < -0.39 is 23.7 Å². The zero-order valence-electron chi connectivity index (χ0n) is 15.0. The highest BCUT2D eigenvalue weighted by atomic mass is 16.7. The van der Waals surface area contributed by atoms with Gasteiger partial charge in [0.25, 0.3) is 17.7 Å². The molecular formula is C22H14N2O5. The Kier molecular flexibility index (Phi) is 4.62. The molecule has 0 aliphatic carbocycles. The van der Waals surface area contributed by atoms with Gasteiger partial charge in [0.05, 0.1) is 16.7 Å². The van der Waals surface area contributed by atoms with Crippen molar-refractivity contribution in [3.63, 3.8) is 0 Å². The molecule has 7 heteroatoms. The Morgan fingerprint density at radius 3 is 1.97 bits per heavy atom. The third-order valence-electron chi connectivity index (χ3n) is 4.32. The van der Waals surface area contributed by atoms with E-state index in [0.717, 1.165) is 0 Å². The summed E-state index contributed by atoms with van der Waals surface area (Å²) >= 11 is 0. The van der Waals surface area contributed by atoms with Crippen LogP contribution in [0.4, 0.5) is 5.69 Å². The lowest BCUT2D eigenvalue weighted by Gasteiger charge is -2.13. The van der Waals surface area contributed by atoms with Crippen LogP contribution >= 0.6 is 0 Å². The number of carbonyl (C=O) groups is 4. The first-order valence-electron chi connectivity index (χ1n) is 8.71. The second-order valence-electron chi connectivity index (χ2n) is 6.23. The predicted octanol–water partition coefficient (Wildman–Crippen LogP) is 3.31. The Labute approximate surface area is 165 Å². The summed E-state index contributed by atoms with van der Waals surface area (Å²) < 4.78 is 0. The molecule has 0 bridgehead atoms. The molecule has 0 saturated carbocycles. The van der Waals surface area contributed by atoms with Crippen molar-refractivity contribution in [2.24, 2.45) is 0 Å². The third-order valence-corrected chi connectivity index (χ3v) is 4.32. The molecule has 1 aliphatic heterocycles. The van der Waals surface area contributed by atoms with Crippen molar-refractivity contribution < 1.29 is 24.0 Å². The number of amides is 3. The Morgan fingerprint density at radius 1 is 0.724 bits per heavy atom. The van der Waals surface area contributed by atoms with E-state index in [4.69, 9.17) is 4.84 Å². The van der Waals surface area contributed by atoms with Crippen molar-refractivity contribution in [2.75, 3.05) is 5.32 Å². The van der Waals surface area contributed by atoms with Gasteiger partial charge in [0.15, 0.2) is 0 Å². The first kappa shape index (κ1) is 18.1. The highest BCUT2D eigenvalue weighted by Crippen LogP contribution is 2.23. The molecule has 1 aliphatic rings. The topological polar surface area (TPSA) is 92.8 Å². The van der Waals surface area contributed by atoms with Gasteiger partial charge < -0.3 is 10.2 Å². The molecule has 0 atom stereocenters. The van der Waals surface area contributed by atoms with Gasteiger partial charge in [-0.2, -0.15) is 0 Å². The van der Waals surface area contributed by atoms with Crippen molar-refractivity contribution in [2.45, 2.75) is 0 Å². The van der Waals surface area contributed by atoms with Crippen LogP contribution in [0.2, 0.25) is 0 Å². The molecule has 0 unspecified atom stereocenters. The molecule has 0 spiro atoms. The summed E-state index contributed by atoms with van der Waals surface area (Å²) in [6.07, 6.45) is 0. The normalized spacial score (nSPS) is 12.5. The van der Waals surface area contributed by atoms with Crippen molar-refractivity contribution in [1.82, 2.24) is 5.06 Å². The number of carbonyl (C=O) groups excluding carboxylic acids is 4. The summed E-state index contributed by atoms with van der Waals surface area (Å²) in [4.78, 5) is 54.5. The van der Waals surface area contributed by atoms with E-state index in [-0.39, 0.29) is 22.3 Å². The van der Waals surface area contributed by atoms with Gasteiger partial charge in [-0.25, -0.2) is 4.79 Å². The minimum Gasteiger partial charge on any atom is -0.324 e. The monoisotopic (exact) mass is 386 g/mol. The summed E-state index contributed by atoms with van der Waals surface area (Å²) in [5.41, 5.74) is 1.20. The number of hydrogen-bond acceptors (Lipinski definition) is 5. The number of anilines is 1. The molecular weight excluding hydrogens is 372 g/mol. The predicted molar refractivity (Wildman–Crippen MR) is 103 cm³/mol. The maximum Gasteiger partial charge on any atom is 0.363 e. The summed E-state index contributed by atoms with van der Waals surface area (Å²) in [6.45, 7) is 0. The molecule has 0 saturated heterocycles. The number of benzene rings is 3. The van der Waals surface area contributed by atoms with Gasteiger partial charge in [0.2, 0.25) is 0 Å². The van der Waals surface area contributed by atoms with Crippen LogP contribution in [0, 0.1) is 0 Å². The fraction of sp³-hybridized carbons (Fsp3) is 0. The molecule has 0 radical (unpaired) electrons. The van der Waals surface area contributed by atoms with Crippen molar-refractivity contribution in [1.29, 1.82) is 0 Å². The average molecular weight is 386 g/mol. The van der Waals surface area contributed by atoms with Gasteiger partial charge in [0, 0.05) is 11.3 Å². The maximum absolute atomic E-state index is 12.5. The molecule has 3 aromatic carbocycles. The van der Waals surface area contributed by atoms with E-state index in [1.165, 1.54) is 36.4 Å². The molecule has 29 heavy (non-hydrogen) atoms. The van der Waals surface area contributed by atoms with Gasteiger partial charge in [-0.15, -0.1) is 0 Å². The lowest BCUT2D eigenvalue weighted by atomic mass is 10.1. The molecule has 0 aromatic heterocycles. The van der Waals surface area contributed by atoms with Crippen LogP contribution in [-0.4, -0.2) is 28.8 Å². The Hall–Kier alpha value is -4.26. The molecule has 7 nitrogen and oxygen atoms in total. The zero-order chi connectivity index (χ0) is 20.4. The molecule has 1 N–H and O–H groups in total. The van der Waals surface area contributed by atoms with E-state index in [0.29, 0.717) is 10.8 Å². The average Bonchev–Trinajstić information content (AvgIpc) is 2.99. The van der Waals surface area contributed by atoms with Gasteiger partial charge in [0.1, 0.15) is 0 Å². The van der Waals surface area contributed by atoms with Crippen LogP contribution in [0.1, 0.15) is 41.4 Å². The van der Waals surface area contributed by atoms with Crippen LogP contribution in [0.25, 0.3) is 0 Å². The minimum absolute atomic E-state index is 0.0299. The van der Waals surface area contributed by atoms with Crippen LogP contribution in [0.3, 0.4) is 0 Å². The number of rotatable bonds is 4. The SMILES string of the molecule is O=C(Nc1ccccc1)c1cccc(C(=O)ON2C(=O)c3ccccc3C2=O)c1. The lowest BCUT2D eigenvalue weighted by Crippen LogP contribution is -2.32. The number of nitrogens with one attached hydrogen (secondary N) is 1. The number of fused-ring (bicyclic) bond motifs is 1. The zero-order valence-corrected chi connectivity index (χ0v) is 15.0. The fourth-order valence-electron chi connectivity index (χ4n) is 2.90. The van der Waals surface area contributed by atoms with Gasteiger partial charge in [-0.1, -0.05) is 41.5 Å². The first-order valence-corrected chi connectivity index (χ1v) is 8.71. The quantitative estimate of drug-likeness (QED) is 0.695. The van der Waals surface area contributed by atoms with E-state index in [1.54, 1.807) is 36.4 Å². The fourth-order valence-corrected chi connectivity index (χ4v) is 2.90. The number of nitrogens with zero attached hydrogens (tertiary/aromatic N) is 1. The second kappa shape index (κ2) is 7.40. The number of hydrogen-bond donors (Lipinski definition) is 1.